The second-order valence-electron chi connectivity index (χ2n) is 8.31. The number of thiophene rings is 1. The molecule has 0 unspecified atom stereocenters. The highest BCUT2D eigenvalue weighted by molar-refractivity contribution is 7.99. The monoisotopic (exact) mass is 507 g/mol. The van der Waals surface area contributed by atoms with Crippen molar-refractivity contribution < 1.29 is 4.74 Å². The van der Waals surface area contributed by atoms with Gasteiger partial charge in [-0.05, 0) is 42.8 Å². The fourth-order valence-corrected chi connectivity index (χ4v) is 5.26. The average molecular weight is 508 g/mol. The number of likely N-dealkylation sites (N-methyl/N-ethyl adjacent to an activating group) is 1. The Balaban J connectivity index is 1.43. The van der Waals surface area contributed by atoms with E-state index in [4.69, 9.17) is 14.7 Å². The molecule has 4 aromatic rings. The first kappa shape index (κ1) is 23.5. The lowest BCUT2D eigenvalue weighted by atomic mass is 10.2. The van der Waals surface area contributed by atoms with Crippen LogP contribution in [-0.2, 0) is 0 Å². The van der Waals surface area contributed by atoms with Crippen molar-refractivity contribution in [3.63, 3.8) is 0 Å². The summed E-state index contributed by atoms with van der Waals surface area (Å²) in [5, 5.41) is 8.91. The summed E-state index contributed by atoms with van der Waals surface area (Å²) < 4.78 is 10.1. The fraction of sp³-hybridized carbons (Fsp3) is 0.280. The van der Waals surface area contributed by atoms with Gasteiger partial charge in [-0.3, -0.25) is 0 Å². The number of hydrogen-bond donors (Lipinski definition) is 3. The number of nitrogens with one attached hydrogen (secondary N) is 3. The SMILES string of the molecule is COc1cc(N2CCN(C)CC2)ccc1Nc1nc(Nc2ccccc2NSC)c2sccc2n1. The normalized spacial score (nSPS) is 14.2. The van der Waals surface area contributed by atoms with Gasteiger partial charge in [0.15, 0.2) is 5.82 Å². The van der Waals surface area contributed by atoms with E-state index in [1.165, 1.54) is 0 Å². The lowest BCUT2D eigenvalue weighted by Crippen LogP contribution is -2.44. The Morgan fingerprint density at radius 2 is 1.74 bits per heavy atom. The van der Waals surface area contributed by atoms with Crippen LogP contribution in [0.15, 0.2) is 53.9 Å². The van der Waals surface area contributed by atoms with Crippen molar-refractivity contribution in [1.82, 2.24) is 14.9 Å². The number of hydrogen-bond acceptors (Lipinski definition) is 10. The standard InChI is InChI=1S/C25H29N7OS2/c1-31-11-13-32(14-12-31)17-8-9-20(22(16-17)33-2)27-25-28-21-10-15-35-23(21)24(29-25)26-18-6-4-5-7-19(18)30-34-3/h4-10,15-16,30H,11-14H2,1-3H3,(H2,26,27,28,29). The van der Waals surface area contributed by atoms with Crippen LogP contribution >= 0.6 is 23.3 Å². The zero-order chi connectivity index (χ0) is 24.2. The number of piperazine rings is 1. The molecule has 8 nitrogen and oxygen atoms in total. The molecule has 0 atom stereocenters. The van der Waals surface area contributed by atoms with Gasteiger partial charge in [-0.25, -0.2) is 4.98 Å². The van der Waals surface area contributed by atoms with Crippen molar-refractivity contribution in [2.75, 3.05) is 66.8 Å². The summed E-state index contributed by atoms with van der Waals surface area (Å²) >= 11 is 3.17. The molecule has 0 amide bonds. The maximum atomic E-state index is 5.73. The molecule has 1 saturated heterocycles. The quantitative estimate of drug-likeness (QED) is 0.263. The Morgan fingerprint density at radius 1 is 0.943 bits per heavy atom. The molecule has 1 fully saturated rings. The molecule has 182 valence electrons. The van der Waals surface area contributed by atoms with E-state index in [-0.39, 0.29) is 0 Å². The number of benzene rings is 2. The molecule has 3 heterocycles. The van der Waals surface area contributed by atoms with Crippen LogP contribution in [0.4, 0.5) is 34.5 Å². The molecular weight excluding hydrogens is 478 g/mol. The molecule has 10 heteroatoms. The van der Waals surface area contributed by atoms with Crippen molar-refractivity contribution in [3.05, 3.63) is 53.9 Å². The number of anilines is 6. The minimum atomic E-state index is 0.513. The van der Waals surface area contributed by atoms with E-state index >= 15 is 0 Å². The number of rotatable bonds is 8. The van der Waals surface area contributed by atoms with Gasteiger partial charge in [-0.15, -0.1) is 11.3 Å². The van der Waals surface area contributed by atoms with Crippen molar-refractivity contribution >= 4 is 68.0 Å². The number of nitrogens with zero attached hydrogens (tertiary/aromatic N) is 4. The lowest BCUT2D eigenvalue weighted by molar-refractivity contribution is 0.312. The number of aromatic nitrogens is 2. The minimum Gasteiger partial charge on any atom is -0.494 e. The molecule has 0 aliphatic carbocycles. The number of para-hydroxylation sites is 2. The summed E-state index contributed by atoms with van der Waals surface area (Å²) in [5.74, 6) is 2.04. The van der Waals surface area contributed by atoms with Gasteiger partial charge in [0.05, 0.1) is 34.4 Å². The minimum absolute atomic E-state index is 0.513. The predicted molar refractivity (Wildman–Crippen MR) is 150 cm³/mol. The topological polar surface area (TPSA) is 77.6 Å². The summed E-state index contributed by atoms with van der Waals surface area (Å²) in [4.78, 5) is 14.3. The van der Waals surface area contributed by atoms with E-state index in [1.807, 2.05) is 48.0 Å². The molecule has 0 radical (unpaired) electrons. The van der Waals surface area contributed by atoms with Crippen LogP contribution in [0.2, 0.25) is 0 Å². The Labute approximate surface area is 213 Å². The highest BCUT2D eigenvalue weighted by atomic mass is 32.2. The second-order valence-corrected chi connectivity index (χ2v) is 9.84. The molecule has 35 heavy (non-hydrogen) atoms. The Morgan fingerprint density at radius 3 is 2.51 bits per heavy atom. The van der Waals surface area contributed by atoms with E-state index in [2.05, 4.69) is 44.3 Å². The van der Waals surface area contributed by atoms with Gasteiger partial charge in [-0.2, -0.15) is 4.98 Å². The number of methoxy groups -OCH3 is 1. The van der Waals surface area contributed by atoms with E-state index in [1.54, 1.807) is 30.4 Å². The average Bonchev–Trinajstić information content (AvgIpc) is 3.35. The largest absolute Gasteiger partial charge is 0.494 e. The van der Waals surface area contributed by atoms with E-state index in [9.17, 15) is 0 Å². The van der Waals surface area contributed by atoms with Crippen molar-refractivity contribution in [2.24, 2.45) is 0 Å². The Kier molecular flexibility index (Phi) is 7.12. The first-order chi connectivity index (χ1) is 17.1. The van der Waals surface area contributed by atoms with Crippen molar-refractivity contribution in [3.8, 4) is 5.75 Å². The van der Waals surface area contributed by atoms with Gasteiger partial charge < -0.3 is 29.9 Å². The maximum Gasteiger partial charge on any atom is 0.229 e. The zero-order valence-corrected chi connectivity index (χ0v) is 21.7. The lowest BCUT2D eigenvalue weighted by Gasteiger charge is -2.34. The van der Waals surface area contributed by atoms with Crippen LogP contribution in [0, 0.1) is 0 Å². The van der Waals surface area contributed by atoms with Gasteiger partial charge in [0.25, 0.3) is 0 Å². The summed E-state index contributed by atoms with van der Waals surface area (Å²) in [6.45, 7) is 4.13. The van der Waals surface area contributed by atoms with Gasteiger partial charge in [0.1, 0.15) is 5.75 Å². The third-order valence-corrected chi connectivity index (χ3v) is 7.33. The van der Waals surface area contributed by atoms with Crippen LogP contribution < -0.4 is 25.0 Å². The molecule has 5 rings (SSSR count). The summed E-state index contributed by atoms with van der Waals surface area (Å²) in [6.07, 6.45) is 2.00. The summed E-state index contributed by atoms with van der Waals surface area (Å²) in [5.41, 5.74) is 4.83. The maximum absolute atomic E-state index is 5.73. The van der Waals surface area contributed by atoms with Crippen molar-refractivity contribution in [2.45, 2.75) is 0 Å². The molecule has 0 bridgehead atoms. The van der Waals surface area contributed by atoms with Gasteiger partial charge in [0.2, 0.25) is 5.95 Å². The van der Waals surface area contributed by atoms with Gasteiger partial charge in [-0.1, -0.05) is 24.1 Å². The molecular formula is C25H29N7OS2. The molecule has 1 aliphatic rings. The Bertz CT molecular complexity index is 1300. The first-order valence-corrected chi connectivity index (χ1v) is 13.5. The Hall–Kier alpha value is -3.21. The zero-order valence-electron chi connectivity index (χ0n) is 20.0. The molecule has 2 aromatic carbocycles. The number of fused-ring (bicyclic) bond motifs is 1. The van der Waals surface area contributed by atoms with Crippen molar-refractivity contribution in [1.29, 1.82) is 0 Å². The first-order valence-electron chi connectivity index (χ1n) is 11.4. The molecule has 3 N–H and O–H groups in total. The molecule has 0 saturated carbocycles. The van der Waals surface area contributed by atoms with Crippen LogP contribution in [0.25, 0.3) is 10.2 Å². The van der Waals surface area contributed by atoms with E-state index in [0.29, 0.717) is 5.95 Å². The van der Waals surface area contributed by atoms with Crippen LogP contribution in [-0.4, -0.2) is 61.5 Å². The van der Waals surface area contributed by atoms with Gasteiger partial charge in [0, 0.05) is 44.2 Å². The van der Waals surface area contributed by atoms with E-state index < -0.39 is 0 Å². The molecule has 0 spiro atoms. The number of ether oxygens (including phenoxy) is 1. The van der Waals surface area contributed by atoms with E-state index in [0.717, 1.165) is 70.7 Å². The van der Waals surface area contributed by atoms with Crippen LogP contribution in [0.5, 0.6) is 5.75 Å². The third kappa shape index (κ3) is 5.24. The molecule has 2 aromatic heterocycles. The van der Waals surface area contributed by atoms with Crippen LogP contribution in [0.1, 0.15) is 0 Å². The summed E-state index contributed by atoms with van der Waals surface area (Å²) in [7, 11) is 3.86. The highest BCUT2D eigenvalue weighted by Crippen LogP contribution is 2.35. The fourth-order valence-electron chi connectivity index (χ4n) is 4.09. The third-order valence-electron chi connectivity index (χ3n) is 6.00. The van der Waals surface area contributed by atoms with Crippen LogP contribution in [0.3, 0.4) is 0 Å². The summed E-state index contributed by atoms with van der Waals surface area (Å²) in [6, 6.07) is 16.4. The van der Waals surface area contributed by atoms with Gasteiger partial charge >= 0.3 is 0 Å². The second kappa shape index (κ2) is 10.6. The smallest absolute Gasteiger partial charge is 0.229 e. The predicted octanol–water partition coefficient (Wildman–Crippen LogP) is 5.63. The molecule has 1 aliphatic heterocycles. The highest BCUT2D eigenvalue weighted by Gasteiger charge is 2.17.